The van der Waals surface area contributed by atoms with E-state index in [1.165, 1.54) is 11.1 Å². The minimum Gasteiger partial charge on any atom is -0.379 e. The van der Waals surface area contributed by atoms with Crippen LogP contribution >= 0.6 is 0 Å². The first-order chi connectivity index (χ1) is 12.7. The number of benzene rings is 2. The number of nitrogens with one attached hydrogen (secondary N) is 1. The summed E-state index contributed by atoms with van der Waals surface area (Å²) in [5.41, 5.74) is 10.7. The molecule has 5 nitrogen and oxygen atoms in total. The lowest BCUT2D eigenvalue weighted by molar-refractivity contribution is 0.0342. The van der Waals surface area contributed by atoms with Gasteiger partial charge < -0.3 is 15.8 Å². The molecular formula is C21H28N4O. The Morgan fingerprint density at radius 3 is 2.27 bits per heavy atom. The number of ether oxygens (including phenoxy) is 1. The molecule has 2 aromatic carbocycles. The van der Waals surface area contributed by atoms with E-state index in [1.54, 1.807) is 0 Å². The molecule has 0 radical (unpaired) electrons. The van der Waals surface area contributed by atoms with E-state index in [4.69, 9.17) is 10.5 Å². The van der Waals surface area contributed by atoms with Crippen LogP contribution < -0.4 is 11.1 Å². The summed E-state index contributed by atoms with van der Waals surface area (Å²) in [7, 11) is 0. The van der Waals surface area contributed by atoms with Gasteiger partial charge in [0.25, 0.3) is 0 Å². The van der Waals surface area contributed by atoms with Gasteiger partial charge in [-0.1, -0.05) is 43.3 Å². The molecule has 0 amide bonds. The van der Waals surface area contributed by atoms with E-state index in [1.807, 2.05) is 12.1 Å². The number of rotatable bonds is 6. The number of hydrogen-bond acceptors (Lipinski definition) is 3. The molecule has 138 valence electrons. The molecule has 0 unspecified atom stereocenters. The molecule has 1 heterocycles. The maximum atomic E-state index is 6.00. The number of nitrogens with zero attached hydrogens (tertiary/aromatic N) is 2. The highest BCUT2D eigenvalue weighted by Crippen LogP contribution is 2.11. The van der Waals surface area contributed by atoms with Crippen LogP contribution in [0.25, 0.3) is 0 Å². The quantitative estimate of drug-likeness (QED) is 0.620. The lowest BCUT2D eigenvalue weighted by Gasteiger charge is -2.26. The maximum Gasteiger partial charge on any atom is 0.193 e. The molecule has 0 saturated carbocycles. The third kappa shape index (κ3) is 5.58. The van der Waals surface area contributed by atoms with Gasteiger partial charge in [0, 0.05) is 25.3 Å². The molecule has 0 bridgehead atoms. The fraction of sp³-hybridized carbons (Fsp3) is 0.381. The monoisotopic (exact) mass is 352 g/mol. The second-order valence-electron chi connectivity index (χ2n) is 6.58. The van der Waals surface area contributed by atoms with E-state index in [-0.39, 0.29) is 0 Å². The van der Waals surface area contributed by atoms with Crippen molar-refractivity contribution in [1.29, 1.82) is 0 Å². The molecule has 3 rings (SSSR count). The number of guanidine groups is 1. The molecule has 0 aliphatic carbocycles. The van der Waals surface area contributed by atoms with Crippen molar-refractivity contribution in [2.75, 3.05) is 31.6 Å². The number of morpholine rings is 1. The van der Waals surface area contributed by atoms with Crippen LogP contribution in [0.5, 0.6) is 0 Å². The smallest absolute Gasteiger partial charge is 0.193 e. The van der Waals surface area contributed by atoms with Gasteiger partial charge in [-0.05, 0) is 35.2 Å². The van der Waals surface area contributed by atoms with Crippen molar-refractivity contribution in [2.24, 2.45) is 10.7 Å². The van der Waals surface area contributed by atoms with E-state index >= 15 is 0 Å². The fourth-order valence-corrected chi connectivity index (χ4v) is 2.96. The molecule has 1 saturated heterocycles. The molecular weight excluding hydrogens is 324 g/mol. The van der Waals surface area contributed by atoms with Gasteiger partial charge in [0.15, 0.2) is 5.96 Å². The summed E-state index contributed by atoms with van der Waals surface area (Å²) in [5.74, 6) is 0.437. The first-order valence-electron chi connectivity index (χ1n) is 9.27. The van der Waals surface area contributed by atoms with Crippen LogP contribution in [0, 0.1) is 0 Å². The second-order valence-corrected chi connectivity index (χ2v) is 6.58. The van der Waals surface area contributed by atoms with E-state index in [0.29, 0.717) is 12.5 Å². The number of hydrogen-bond donors (Lipinski definition) is 2. The third-order valence-electron chi connectivity index (χ3n) is 4.60. The van der Waals surface area contributed by atoms with Crippen LogP contribution in [0.4, 0.5) is 5.69 Å². The Bertz CT molecular complexity index is 704. The highest BCUT2D eigenvalue weighted by Gasteiger charge is 2.10. The van der Waals surface area contributed by atoms with Gasteiger partial charge in [0.1, 0.15) is 0 Å². The summed E-state index contributed by atoms with van der Waals surface area (Å²) in [6.45, 7) is 7.38. The summed E-state index contributed by atoms with van der Waals surface area (Å²) >= 11 is 0. The van der Waals surface area contributed by atoms with Crippen LogP contribution in [0.2, 0.25) is 0 Å². The molecule has 2 aromatic rings. The zero-order valence-corrected chi connectivity index (χ0v) is 15.4. The van der Waals surface area contributed by atoms with Gasteiger partial charge in [0.2, 0.25) is 0 Å². The summed E-state index contributed by atoms with van der Waals surface area (Å²) in [6.07, 6.45) is 1.03. The van der Waals surface area contributed by atoms with Crippen molar-refractivity contribution in [3.8, 4) is 0 Å². The van der Waals surface area contributed by atoms with Gasteiger partial charge in [-0.25, -0.2) is 4.99 Å². The Balaban J connectivity index is 1.50. The average Bonchev–Trinajstić information content (AvgIpc) is 2.69. The van der Waals surface area contributed by atoms with Crippen molar-refractivity contribution in [1.82, 2.24) is 4.90 Å². The van der Waals surface area contributed by atoms with Gasteiger partial charge in [-0.2, -0.15) is 0 Å². The second kappa shape index (κ2) is 9.36. The average molecular weight is 352 g/mol. The van der Waals surface area contributed by atoms with Crippen LogP contribution in [-0.2, 0) is 24.2 Å². The topological polar surface area (TPSA) is 62.9 Å². The van der Waals surface area contributed by atoms with Gasteiger partial charge in [-0.15, -0.1) is 0 Å². The largest absolute Gasteiger partial charge is 0.379 e. The van der Waals surface area contributed by atoms with Gasteiger partial charge >= 0.3 is 0 Å². The molecule has 26 heavy (non-hydrogen) atoms. The molecule has 0 atom stereocenters. The highest BCUT2D eigenvalue weighted by molar-refractivity contribution is 5.92. The fourth-order valence-electron chi connectivity index (χ4n) is 2.96. The van der Waals surface area contributed by atoms with Crippen LogP contribution in [0.1, 0.15) is 23.6 Å². The van der Waals surface area contributed by atoms with Crippen molar-refractivity contribution in [3.63, 3.8) is 0 Å². The number of nitrogens with two attached hydrogens (primary N) is 1. The normalized spacial score (nSPS) is 15.8. The molecule has 3 N–H and O–H groups in total. The number of anilines is 1. The first-order valence-corrected chi connectivity index (χ1v) is 9.27. The zero-order valence-electron chi connectivity index (χ0n) is 15.4. The van der Waals surface area contributed by atoms with Crippen LogP contribution in [-0.4, -0.2) is 37.2 Å². The molecule has 1 fully saturated rings. The Morgan fingerprint density at radius 2 is 1.62 bits per heavy atom. The summed E-state index contributed by atoms with van der Waals surface area (Å²) < 4.78 is 5.39. The minimum absolute atomic E-state index is 0.437. The molecule has 0 spiro atoms. The zero-order chi connectivity index (χ0) is 18.2. The van der Waals surface area contributed by atoms with Gasteiger partial charge in [0.05, 0.1) is 19.8 Å². The lowest BCUT2D eigenvalue weighted by Crippen LogP contribution is -2.35. The SMILES string of the molecule is CCc1ccc(NC(N)=NCc2ccc(CN3CCOCC3)cc2)cc1. The van der Waals surface area contributed by atoms with Crippen molar-refractivity contribution >= 4 is 11.6 Å². The molecule has 1 aliphatic heterocycles. The molecule has 1 aliphatic rings. The molecule has 5 heteroatoms. The van der Waals surface area contributed by atoms with E-state index in [9.17, 15) is 0 Å². The number of aryl methyl sites for hydroxylation is 1. The van der Waals surface area contributed by atoms with E-state index < -0.39 is 0 Å². The third-order valence-corrected chi connectivity index (χ3v) is 4.60. The maximum absolute atomic E-state index is 6.00. The Labute approximate surface area is 155 Å². The Hall–Kier alpha value is -2.37. The molecule has 0 aromatic heterocycles. The standard InChI is InChI=1S/C21H28N4O/c1-2-17-7-9-20(10-8-17)24-21(22)23-15-18-3-5-19(6-4-18)16-25-11-13-26-14-12-25/h3-10H,2,11-16H2,1H3,(H3,22,23,24). The van der Waals surface area contributed by atoms with Crippen LogP contribution in [0.3, 0.4) is 0 Å². The minimum atomic E-state index is 0.437. The Kier molecular flexibility index (Phi) is 6.63. The summed E-state index contributed by atoms with van der Waals surface area (Å²) in [4.78, 5) is 6.85. The predicted octanol–water partition coefficient (Wildman–Crippen LogP) is 3.01. The van der Waals surface area contributed by atoms with Crippen molar-refractivity contribution < 1.29 is 4.74 Å². The van der Waals surface area contributed by atoms with Gasteiger partial charge in [-0.3, -0.25) is 4.90 Å². The predicted molar refractivity (Wildman–Crippen MR) is 107 cm³/mol. The van der Waals surface area contributed by atoms with Crippen LogP contribution in [0.15, 0.2) is 53.5 Å². The first kappa shape index (κ1) is 18.4. The number of aliphatic imine (C=N–C) groups is 1. The van der Waals surface area contributed by atoms with E-state index in [2.05, 4.69) is 58.5 Å². The van der Waals surface area contributed by atoms with Crippen molar-refractivity contribution in [2.45, 2.75) is 26.4 Å². The Morgan fingerprint density at radius 1 is 1.00 bits per heavy atom. The van der Waals surface area contributed by atoms with E-state index in [0.717, 1.165) is 50.5 Å². The highest BCUT2D eigenvalue weighted by atomic mass is 16.5. The summed E-state index contributed by atoms with van der Waals surface area (Å²) in [5, 5.41) is 3.14. The van der Waals surface area contributed by atoms with Crippen molar-refractivity contribution in [3.05, 3.63) is 65.2 Å². The lowest BCUT2D eigenvalue weighted by atomic mass is 10.1. The summed E-state index contributed by atoms with van der Waals surface area (Å²) in [6, 6.07) is 16.9.